The van der Waals surface area contributed by atoms with E-state index in [0.29, 0.717) is 64.2 Å². The first kappa shape index (κ1) is 72.5. The molecule has 0 bridgehead atoms. The lowest BCUT2D eigenvalue weighted by molar-refractivity contribution is -0.528. The van der Waals surface area contributed by atoms with E-state index in [1.165, 1.54) is 0 Å². The number of aliphatic carboxylic acids is 2. The fourth-order valence-corrected chi connectivity index (χ4v) is 10.2. The third kappa shape index (κ3) is 21.6. The second-order valence-corrected chi connectivity index (χ2v) is 20.2. The third-order valence-electron chi connectivity index (χ3n) is 14.1. The van der Waals surface area contributed by atoms with Gasteiger partial charge in [0.2, 0.25) is 11.6 Å². The highest BCUT2D eigenvalue weighted by Gasteiger charge is 2.86. The van der Waals surface area contributed by atoms with Gasteiger partial charge >= 0.3 is 11.9 Å². The quantitative estimate of drug-likeness (QED) is 0.0436. The average Bonchev–Trinajstić information content (AvgIpc) is 3.39. The number of hydrogen-bond donors (Lipinski definition) is 2. The Morgan fingerprint density at radius 2 is 0.595 bits per heavy atom. The second-order valence-electron chi connectivity index (χ2n) is 20.2. The number of carbonyl (C=O) groups is 2. The van der Waals surface area contributed by atoms with E-state index >= 15 is 4.79 Å². The van der Waals surface area contributed by atoms with Gasteiger partial charge in [-0.2, -0.15) is 0 Å². The standard InChI is InChI=1S/C60H118O14/c1-13-25-33-44-67-57(52(21-9)65-23-11,68-45-34-26-14-2)59(71-48-37-29-17-5,72-49-38-30-18-6)56(55(63)64,43-41-42-54(61)62)60(73-50-39-31-19-7,74-51-40-32-20-8)58(53(22-10)66-24-12,69-46-35-27-15-3)70-47-36-28-16-4/h52-53H,13-51H2,1-12H3,(H,61,62)(H,63,64). The first-order valence-electron chi connectivity index (χ1n) is 30.7. The minimum atomic E-state index is -2.63. The normalized spacial score (nSPS) is 14.4. The molecule has 0 aliphatic heterocycles. The third-order valence-corrected chi connectivity index (χ3v) is 14.1. The SMILES string of the molecule is CCCCCOC(OCCCCC)(C(CC)OCC)C(OCCCCC)(OCCCCC)C(CCCC(=O)O)(C(=O)O)C(OCCCCC)(OCCCCC)C(OCCCCC)(OCCCCC)C(CC)OCC. The van der Waals surface area contributed by atoms with Crippen LogP contribution < -0.4 is 0 Å². The number of carboxylic acids is 2. The Kier molecular flexibility index (Phi) is 43.5. The van der Waals surface area contributed by atoms with Gasteiger partial charge in [0, 0.05) is 19.6 Å². The molecule has 0 fully saturated rings. The fraction of sp³-hybridized carbons (Fsp3) is 0.967. The zero-order valence-electron chi connectivity index (χ0n) is 50.0. The summed E-state index contributed by atoms with van der Waals surface area (Å²) >= 11 is 0. The molecule has 0 amide bonds. The van der Waals surface area contributed by atoms with Gasteiger partial charge < -0.3 is 57.6 Å². The monoisotopic (exact) mass is 1060 g/mol. The van der Waals surface area contributed by atoms with Gasteiger partial charge in [-0.25, -0.2) is 0 Å². The first-order valence-corrected chi connectivity index (χ1v) is 30.7. The molecule has 0 heterocycles. The van der Waals surface area contributed by atoms with E-state index in [9.17, 15) is 15.0 Å². The van der Waals surface area contributed by atoms with Gasteiger partial charge in [-0.1, -0.05) is 172 Å². The molecule has 0 radical (unpaired) electrons. The van der Waals surface area contributed by atoms with Crippen LogP contribution in [0.1, 0.15) is 269 Å². The van der Waals surface area contributed by atoms with Crippen molar-refractivity contribution in [2.45, 2.75) is 305 Å². The van der Waals surface area contributed by atoms with Gasteiger partial charge in [-0.3, -0.25) is 9.59 Å². The fourth-order valence-electron chi connectivity index (χ4n) is 10.2. The van der Waals surface area contributed by atoms with E-state index in [1.807, 2.05) is 27.7 Å². The summed E-state index contributed by atoms with van der Waals surface area (Å²) in [6.45, 7) is 26.0. The van der Waals surface area contributed by atoms with Crippen molar-refractivity contribution in [3.63, 3.8) is 0 Å². The van der Waals surface area contributed by atoms with Gasteiger partial charge in [0.05, 0.1) is 52.9 Å². The van der Waals surface area contributed by atoms with E-state index in [0.717, 1.165) is 103 Å². The summed E-state index contributed by atoms with van der Waals surface area (Å²) in [5.74, 6) is -11.8. The smallest absolute Gasteiger partial charge is 0.321 e. The Bertz CT molecular complexity index is 1190. The zero-order chi connectivity index (χ0) is 55.5. The average molecular weight is 1060 g/mol. The molecule has 14 heteroatoms. The van der Waals surface area contributed by atoms with Crippen LogP contribution in [0.4, 0.5) is 0 Å². The molecule has 0 saturated heterocycles. The first-order chi connectivity index (χ1) is 35.9. The van der Waals surface area contributed by atoms with Crippen LogP contribution >= 0.6 is 0 Å². The van der Waals surface area contributed by atoms with Crippen LogP contribution in [0.5, 0.6) is 0 Å². The molecular formula is C60H118O14. The van der Waals surface area contributed by atoms with Gasteiger partial charge in [-0.05, 0) is 90.9 Å². The molecule has 442 valence electrons. The highest BCUT2D eigenvalue weighted by molar-refractivity contribution is 5.79. The maximum absolute atomic E-state index is 16.5. The molecule has 0 aliphatic carbocycles. The number of unbranched alkanes of at least 4 members (excludes halogenated alkanes) is 16. The summed E-state index contributed by atoms with van der Waals surface area (Å²) in [5, 5.41) is 24.1. The highest BCUT2D eigenvalue weighted by Crippen LogP contribution is 2.63. The summed E-state index contributed by atoms with van der Waals surface area (Å²) in [5.41, 5.74) is -2.63. The van der Waals surface area contributed by atoms with Crippen molar-refractivity contribution >= 4 is 11.9 Å². The molecule has 2 N–H and O–H groups in total. The molecule has 0 rings (SSSR count). The maximum Gasteiger partial charge on any atom is 0.321 e. The van der Waals surface area contributed by atoms with Crippen molar-refractivity contribution in [3.8, 4) is 0 Å². The molecule has 0 saturated carbocycles. The molecule has 0 aliphatic rings. The Morgan fingerprint density at radius 1 is 0.351 bits per heavy atom. The van der Waals surface area contributed by atoms with Crippen molar-refractivity contribution in [1.82, 2.24) is 0 Å². The van der Waals surface area contributed by atoms with E-state index in [1.54, 1.807) is 0 Å². The minimum absolute atomic E-state index is 0.0304. The van der Waals surface area contributed by atoms with Crippen molar-refractivity contribution in [3.05, 3.63) is 0 Å². The molecule has 14 nitrogen and oxygen atoms in total. The molecule has 2 unspecified atom stereocenters. The van der Waals surface area contributed by atoms with Gasteiger partial charge in [0.1, 0.15) is 12.2 Å². The summed E-state index contributed by atoms with van der Waals surface area (Å²) in [4.78, 5) is 29.5. The number of ether oxygens (including phenoxy) is 10. The second kappa shape index (κ2) is 44.4. The number of carboxylic acid groups (broad SMARTS) is 2. The summed E-state index contributed by atoms with van der Waals surface area (Å²) in [6.07, 6.45) is 15.8. The van der Waals surface area contributed by atoms with Crippen molar-refractivity contribution in [1.29, 1.82) is 0 Å². The largest absolute Gasteiger partial charge is 0.481 e. The van der Waals surface area contributed by atoms with Crippen LogP contribution in [0.3, 0.4) is 0 Å². The van der Waals surface area contributed by atoms with Crippen molar-refractivity contribution in [2.24, 2.45) is 5.41 Å². The van der Waals surface area contributed by atoms with Crippen molar-refractivity contribution in [2.75, 3.05) is 66.1 Å². The molecule has 74 heavy (non-hydrogen) atoms. The van der Waals surface area contributed by atoms with Gasteiger partial charge in [0.25, 0.3) is 11.6 Å². The molecule has 0 aromatic rings. The van der Waals surface area contributed by atoms with E-state index < -0.39 is 59.1 Å². The molecule has 0 spiro atoms. The molecular weight excluding hydrogens is 945 g/mol. The number of hydrogen-bond acceptors (Lipinski definition) is 12. The van der Waals surface area contributed by atoms with Crippen LogP contribution in [-0.2, 0) is 57.0 Å². The lowest BCUT2D eigenvalue weighted by atomic mass is 9.60. The number of rotatable bonds is 57. The summed E-state index contributed by atoms with van der Waals surface area (Å²) in [6, 6.07) is 0. The predicted molar refractivity (Wildman–Crippen MR) is 298 cm³/mol. The van der Waals surface area contributed by atoms with Gasteiger partial charge in [0.15, 0.2) is 5.41 Å². The van der Waals surface area contributed by atoms with Crippen LogP contribution in [0.15, 0.2) is 0 Å². The van der Waals surface area contributed by atoms with Crippen LogP contribution in [0.2, 0.25) is 0 Å². The summed E-state index contributed by atoms with van der Waals surface area (Å²) in [7, 11) is 0. The van der Waals surface area contributed by atoms with Gasteiger partial charge in [-0.15, -0.1) is 0 Å². The Morgan fingerprint density at radius 3 is 0.784 bits per heavy atom. The molecule has 0 aromatic heterocycles. The van der Waals surface area contributed by atoms with Crippen LogP contribution in [0.25, 0.3) is 0 Å². The molecule has 0 aromatic carbocycles. The van der Waals surface area contributed by atoms with Crippen LogP contribution in [0, 0.1) is 5.41 Å². The summed E-state index contributed by atoms with van der Waals surface area (Å²) < 4.78 is 74.8. The minimum Gasteiger partial charge on any atom is -0.481 e. The maximum atomic E-state index is 16.5. The Balaban J connectivity index is 10.8. The van der Waals surface area contributed by atoms with Crippen LogP contribution in [-0.4, -0.2) is 124 Å². The van der Waals surface area contributed by atoms with E-state index in [4.69, 9.17) is 47.4 Å². The van der Waals surface area contributed by atoms with E-state index in [-0.39, 0.29) is 78.9 Å². The lowest BCUT2D eigenvalue weighted by Crippen LogP contribution is -2.86. The van der Waals surface area contributed by atoms with Crippen molar-refractivity contribution < 1.29 is 67.2 Å². The molecule has 2 atom stereocenters. The highest BCUT2D eigenvalue weighted by atomic mass is 16.8. The van der Waals surface area contributed by atoms with E-state index in [2.05, 4.69) is 55.4 Å². The lowest BCUT2D eigenvalue weighted by Gasteiger charge is -2.65. The topological polar surface area (TPSA) is 167 Å². The zero-order valence-corrected chi connectivity index (χ0v) is 50.0. The Labute approximate surface area is 453 Å². The predicted octanol–water partition coefficient (Wildman–Crippen LogP) is 15.4. The Hall–Kier alpha value is -1.46.